The molecule has 9 nitrogen and oxygen atoms in total. The van der Waals surface area contributed by atoms with Gasteiger partial charge in [-0.2, -0.15) is 0 Å². The number of hydrogen-bond donors (Lipinski definition) is 3. The van der Waals surface area contributed by atoms with E-state index in [0.29, 0.717) is 0 Å². The molecule has 146 valence electrons. The average Bonchev–Trinajstić information content (AvgIpc) is 2.62. The zero-order valence-electron chi connectivity index (χ0n) is 14.5. The number of primary amides is 1. The summed E-state index contributed by atoms with van der Waals surface area (Å²) >= 11 is 0.892. The Morgan fingerprint density at radius 2 is 1.89 bits per heavy atom. The number of hydrogen-bond acceptors (Lipinski definition) is 6. The third-order valence-electron chi connectivity index (χ3n) is 3.36. The van der Waals surface area contributed by atoms with E-state index in [-0.39, 0.29) is 33.3 Å². The molecule has 0 aliphatic heterocycles. The van der Waals surface area contributed by atoms with Crippen LogP contribution in [0.3, 0.4) is 0 Å². The van der Waals surface area contributed by atoms with E-state index in [0.717, 1.165) is 23.9 Å². The molecule has 2 rings (SSSR count). The van der Waals surface area contributed by atoms with Gasteiger partial charge in [-0.1, -0.05) is 0 Å². The molecule has 0 atom stereocenters. The lowest BCUT2D eigenvalue weighted by atomic mass is 10.2. The molecule has 0 unspecified atom stereocenters. The maximum absolute atomic E-state index is 13.6. The topological polar surface area (TPSA) is 144 Å². The number of nitro groups is 1. The minimum atomic E-state index is -0.802. The lowest BCUT2D eigenvalue weighted by Crippen LogP contribution is -2.15. The second kappa shape index (κ2) is 8.95. The summed E-state index contributed by atoms with van der Waals surface area (Å²) in [5.41, 5.74) is 4.91. The number of nitro benzene ring substituents is 1. The molecule has 4 N–H and O–H groups in total. The second-order valence-corrected chi connectivity index (χ2v) is 6.53. The number of anilines is 2. The van der Waals surface area contributed by atoms with Crippen molar-refractivity contribution in [2.24, 2.45) is 5.73 Å². The van der Waals surface area contributed by atoms with Crippen molar-refractivity contribution in [3.8, 4) is 0 Å². The largest absolute Gasteiger partial charge is 0.366 e. The van der Waals surface area contributed by atoms with Gasteiger partial charge in [0.2, 0.25) is 17.7 Å². The highest BCUT2D eigenvalue weighted by Gasteiger charge is 2.18. The maximum atomic E-state index is 13.6. The molecule has 0 heterocycles. The number of amides is 3. The third kappa shape index (κ3) is 5.51. The first-order valence-electron chi connectivity index (χ1n) is 7.75. The predicted octanol–water partition coefficient (Wildman–Crippen LogP) is 2.52. The Hall–Kier alpha value is -3.47. The summed E-state index contributed by atoms with van der Waals surface area (Å²) in [6, 6.07) is 7.36. The molecule has 28 heavy (non-hydrogen) atoms. The van der Waals surface area contributed by atoms with Crippen molar-refractivity contribution in [3.63, 3.8) is 0 Å². The summed E-state index contributed by atoms with van der Waals surface area (Å²) < 4.78 is 13.6. The van der Waals surface area contributed by atoms with Gasteiger partial charge < -0.3 is 16.4 Å². The Bertz CT molecular complexity index is 967. The molecule has 0 saturated carbocycles. The number of halogens is 1. The van der Waals surface area contributed by atoms with Crippen LogP contribution < -0.4 is 16.4 Å². The zero-order chi connectivity index (χ0) is 20.8. The molecule has 2 aromatic carbocycles. The van der Waals surface area contributed by atoms with Crippen LogP contribution in [-0.2, 0) is 9.59 Å². The first-order chi connectivity index (χ1) is 13.2. The number of nitrogens with two attached hydrogens (primary N) is 1. The number of rotatable bonds is 7. The summed E-state index contributed by atoms with van der Waals surface area (Å²) in [5, 5.41) is 16.0. The lowest BCUT2D eigenvalue weighted by molar-refractivity contribution is -0.387. The van der Waals surface area contributed by atoms with Crippen LogP contribution in [0.15, 0.2) is 41.3 Å². The van der Waals surface area contributed by atoms with Gasteiger partial charge in [0.1, 0.15) is 5.82 Å². The third-order valence-corrected chi connectivity index (χ3v) is 4.42. The summed E-state index contributed by atoms with van der Waals surface area (Å²) in [4.78, 5) is 45.0. The highest BCUT2D eigenvalue weighted by atomic mass is 32.2. The molecule has 3 amide bonds. The lowest BCUT2D eigenvalue weighted by Gasteiger charge is -2.09. The number of benzene rings is 2. The molecule has 0 bridgehead atoms. The molecule has 0 saturated heterocycles. The number of nitrogens with one attached hydrogen (secondary N) is 2. The summed E-state index contributed by atoms with van der Waals surface area (Å²) in [7, 11) is 0. The molecule has 2 aromatic rings. The van der Waals surface area contributed by atoms with Gasteiger partial charge in [-0.05, 0) is 30.3 Å². The van der Waals surface area contributed by atoms with Gasteiger partial charge >= 0.3 is 0 Å². The van der Waals surface area contributed by atoms with Crippen LogP contribution in [0.4, 0.5) is 21.5 Å². The van der Waals surface area contributed by atoms with Crippen LogP contribution in [0.1, 0.15) is 17.3 Å². The molecule has 11 heteroatoms. The van der Waals surface area contributed by atoms with E-state index >= 15 is 0 Å². The van der Waals surface area contributed by atoms with Gasteiger partial charge in [0, 0.05) is 24.2 Å². The SMILES string of the molecule is CC(=O)Nc1cc(NC(=O)CSc2ccc(C(N)=O)cc2[N+](=O)[O-])ccc1F. The predicted molar refractivity (Wildman–Crippen MR) is 102 cm³/mol. The molecule has 0 radical (unpaired) electrons. The minimum absolute atomic E-state index is 0.0164. The smallest absolute Gasteiger partial charge is 0.283 e. The van der Waals surface area contributed by atoms with E-state index in [4.69, 9.17) is 5.73 Å². The number of carbonyl (C=O) groups is 3. The number of carbonyl (C=O) groups excluding carboxylic acids is 3. The summed E-state index contributed by atoms with van der Waals surface area (Å²) in [6.45, 7) is 1.22. The van der Waals surface area contributed by atoms with Gasteiger partial charge in [0.25, 0.3) is 5.69 Å². The Morgan fingerprint density at radius 3 is 2.50 bits per heavy atom. The maximum Gasteiger partial charge on any atom is 0.283 e. The molecular formula is C17H15FN4O5S. The van der Waals surface area contributed by atoms with Gasteiger partial charge in [0.15, 0.2) is 0 Å². The van der Waals surface area contributed by atoms with E-state index in [1.54, 1.807) is 0 Å². The van der Waals surface area contributed by atoms with Gasteiger partial charge in [-0.3, -0.25) is 24.5 Å². The Kier molecular flexibility index (Phi) is 6.66. The van der Waals surface area contributed by atoms with E-state index in [9.17, 15) is 28.9 Å². The van der Waals surface area contributed by atoms with Crippen molar-refractivity contribution in [2.45, 2.75) is 11.8 Å². The fourth-order valence-corrected chi connectivity index (χ4v) is 2.97. The van der Waals surface area contributed by atoms with Crippen molar-refractivity contribution in [1.82, 2.24) is 0 Å². The molecule has 0 aliphatic rings. The Labute approximate surface area is 162 Å². The fourth-order valence-electron chi connectivity index (χ4n) is 2.16. The average molecular weight is 406 g/mol. The van der Waals surface area contributed by atoms with E-state index < -0.39 is 28.5 Å². The zero-order valence-corrected chi connectivity index (χ0v) is 15.3. The van der Waals surface area contributed by atoms with Crippen LogP contribution in [0.25, 0.3) is 0 Å². The highest BCUT2D eigenvalue weighted by molar-refractivity contribution is 8.00. The van der Waals surface area contributed by atoms with E-state index in [2.05, 4.69) is 10.6 Å². The summed E-state index contributed by atoms with van der Waals surface area (Å²) in [5.74, 6) is -2.61. The van der Waals surface area contributed by atoms with Crippen molar-refractivity contribution in [3.05, 3.63) is 57.9 Å². The van der Waals surface area contributed by atoms with Crippen molar-refractivity contribution in [2.75, 3.05) is 16.4 Å². The van der Waals surface area contributed by atoms with Crippen molar-refractivity contribution in [1.29, 1.82) is 0 Å². The Morgan fingerprint density at radius 1 is 1.18 bits per heavy atom. The highest BCUT2D eigenvalue weighted by Crippen LogP contribution is 2.30. The fraction of sp³-hybridized carbons (Fsp3) is 0.118. The monoisotopic (exact) mass is 406 g/mol. The van der Waals surface area contributed by atoms with Crippen molar-refractivity contribution < 1.29 is 23.7 Å². The van der Waals surface area contributed by atoms with Crippen LogP contribution >= 0.6 is 11.8 Å². The second-order valence-electron chi connectivity index (χ2n) is 5.52. The van der Waals surface area contributed by atoms with E-state index in [1.807, 2.05) is 0 Å². The van der Waals surface area contributed by atoms with Crippen molar-refractivity contribution >= 4 is 46.5 Å². The molecular weight excluding hydrogens is 391 g/mol. The molecule has 0 aromatic heterocycles. The van der Waals surface area contributed by atoms with Crippen LogP contribution in [-0.4, -0.2) is 28.4 Å². The van der Waals surface area contributed by atoms with Crippen LogP contribution in [0.2, 0.25) is 0 Å². The van der Waals surface area contributed by atoms with Crippen LogP contribution in [0.5, 0.6) is 0 Å². The van der Waals surface area contributed by atoms with Crippen LogP contribution in [0, 0.1) is 15.9 Å². The summed E-state index contributed by atoms with van der Waals surface area (Å²) in [6.07, 6.45) is 0. The molecule has 0 fully saturated rings. The first-order valence-corrected chi connectivity index (χ1v) is 8.74. The normalized spacial score (nSPS) is 10.2. The standard InChI is InChI=1S/C17H15FN4O5S/c1-9(23)20-13-7-11(3-4-12(13)18)21-16(24)8-28-15-5-2-10(17(19)25)6-14(15)22(26)27/h2-7H,8H2,1H3,(H2,19,25)(H,20,23)(H,21,24). The van der Waals surface area contributed by atoms with Gasteiger partial charge in [-0.15, -0.1) is 11.8 Å². The quantitative estimate of drug-likeness (QED) is 0.366. The van der Waals surface area contributed by atoms with Gasteiger partial charge in [-0.25, -0.2) is 4.39 Å². The minimum Gasteiger partial charge on any atom is -0.366 e. The number of thioether (sulfide) groups is 1. The van der Waals surface area contributed by atoms with E-state index in [1.165, 1.54) is 31.2 Å². The first kappa shape index (κ1) is 20.8. The van der Waals surface area contributed by atoms with Gasteiger partial charge in [0.05, 0.1) is 21.3 Å². The molecule has 0 spiro atoms. The molecule has 0 aliphatic carbocycles. The number of nitrogens with zero attached hydrogens (tertiary/aromatic N) is 1. The Balaban J connectivity index is 2.08.